The Morgan fingerprint density at radius 3 is 2.43 bits per heavy atom. The molecule has 0 aliphatic heterocycles. The number of hydrogen-bond donors (Lipinski definition) is 1. The van der Waals surface area contributed by atoms with Crippen LogP contribution in [0.1, 0.15) is 11.1 Å². The molecular formula is C18H22Cl2N2O. The Kier molecular flexibility index (Phi) is 7.18. The van der Waals surface area contributed by atoms with E-state index in [4.69, 9.17) is 27.9 Å². The topological polar surface area (TPSA) is 24.5 Å². The van der Waals surface area contributed by atoms with Gasteiger partial charge in [0.1, 0.15) is 12.4 Å². The van der Waals surface area contributed by atoms with Gasteiger partial charge >= 0.3 is 0 Å². The third kappa shape index (κ3) is 6.04. The van der Waals surface area contributed by atoms with Crippen molar-refractivity contribution in [3.05, 3.63) is 63.6 Å². The molecule has 124 valence electrons. The third-order valence-electron chi connectivity index (χ3n) is 3.41. The molecule has 2 aromatic carbocycles. The zero-order valence-corrected chi connectivity index (χ0v) is 15.0. The zero-order chi connectivity index (χ0) is 16.7. The van der Waals surface area contributed by atoms with Crippen LogP contribution in [0.2, 0.25) is 10.0 Å². The number of benzene rings is 2. The highest BCUT2D eigenvalue weighted by atomic mass is 35.5. The first-order valence-corrected chi connectivity index (χ1v) is 8.32. The second kappa shape index (κ2) is 9.14. The number of nitrogens with one attached hydrogen (secondary N) is 1. The molecule has 0 fully saturated rings. The molecule has 0 atom stereocenters. The van der Waals surface area contributed by atoms with Crippen LogP contribution in [0.3, 0.4) is 0 Å². The van der Waals surface area contributed by atoms with Crippen LogP contribution in [-0.2, 0) is 13.2 Å². The molecule has 0 aliphatic carbocycles. The fourth-order valence-electron chi connectivity index (χ4n) is 2.11. The Balaban J connectivity index is 1.90. The number of ether oxygens (including phenoxy) is 1. The molecule has 5 heteroatoms. The molecule has 23 heavy (non-hydrogen) atoms. The predicted octanol–water partition coefficient (Wildman–Crippen LogP) is 4.22. The van der Waals surface area contributed by atoms with E-state index >= 15 is 0 Å². The Morgan fingerprint density at radius 1 is 1.04 bits per heavy atom. The lowest BCUT2D eigenvalue weighted by atomic mass is 10.2. The van der Waals surface area contributed by atoms with E-state index in [1.165, 1.54) is 5.56 Å². The molecule has 3 nitrogen and oxygen atoms in total. The highest BCUT2D eigenvalue weighted by molar-refractivity contribution is 6.35. The number of hydrogen-bond acceptors (Lipinski definition) is 3. The van der Waals surface area contributed by atoms with E-state index < -0.39 is 0 Å². The van der Waals surface area contributed by atoms with Crippen molar-refractivity contribution >= 4 is 23.2 Å². The molecule has 0 saturated heterocycles. The first kappa shape index (κ1) is 18.1. The van der Waals surface area contributed by atoms with Crippen molar-refractivity contribution in [3.8, 4) is 5.75 Å². The summed E-state index contributed by atoms with van der Waals surface area (Å²) in [7, 11) is 4.13. The van der Waals surface area contributed by atoms with Gasteiger partial charge in [0.25, 0.3) is 0 Å². The summed E-state index contributed by atoms with van der Waals surface area (Å²) in [5.41, 5.74) is 2.00. The first-order valence-electron chi connectivity index (χ1n) is 7.56. The van der Waals surface area contributed by atoms with E-state index in [-0.39, 0.29) is 0 Å². The number of likely N-dealkylation sites (N-methyl/N-ethyl adjacent to an activating group) is 1. The normalized spacial score (nSPS) is 11.0. The molecule has 0 saturated carbocycles. The van der Waals surface area contributed by atoms with E-state index in [2.05, 4.69) is 30.4 Å². The van der Waals surface area contributed by atoms with Gasteiger partial charge in [-0.1, -0.05) is 41.4 Å². The van der Waals surface area contributed by atoms with E-state index in [1.807, 2.05) is 36.4 Å². The molecule has 1 N–H and O–H groups in total. The number of rotatable bonds is 8. The van der Waals surface area contributed by atoms with E-state index in [1.54, 1.807) is 0 Å². The summed E-state index contributed by atoms with van der Waals surface area (Å²) in [4.78, 5) is 2.15. The summed E-state index contributed by atoms with van der Waals surface area (Å²) in [5.74, 6) is 0.813. The van der Waals surface area contributed by atoms with Gasteiger partial charge in [0.15, 0.2) is 0 Å². The fraction of sp³-hybridized carbons (Fsp3) is 0.333. The second-order valence-corrected chi connectivity index (χ2v) is 6.43. The van der Waals surface area contributed by atoms with Crippen LogP contribution < -0.4 is 10.1 Å². The fourth-order valence-corrected chi connectivity index (χ4v) is 2.61. The van der Waals surface area contributed by atoms with E-state index in [9.17, 15) is 0 Å². The van der Waals surface area contributed by atoms with Crippen molar-refractivity contribution in [2.24, 2.45) is 0 Å². The first-order chi connectivity index (χ1) is 11.1. The minimum atomic E-state index is 0.357. The van der Waals surface area contributed by atoms with Crippen LogP contribution in [0.4, 0.5) is 0 Å². The van der Waals surface area contributed by atoms with Gasteiger partial charge in [-0.2, -0.15) is 0 Å². The van der Waals surface area contributed by atoms with Crippen molar-refractivity contribution in [1.82, 2.24) is 10.2 Å². The molecule has 0 spiro atoms. The van der Waals surface area contributed by atoms with Crippen LogP contribution >= 0.6 is 23.2 Å². The van der Waals surface area contributed by atoms with Gasteiger partial charge in [0.2, 0.25) is 0 Å². The molecular weight excluding hydrogens is 331 g/mol. The third-order valence-corrected chi connectivity index (χ3v) is 4.12. The van der Waals surface area contributed by atoms with E-state index in [0.717, 1.165) is 30.9 Å². The smallest absolute Gasteiger partial charge is 0.120 e. The summed E-state index contributed by atoms with van der Waals surface area (Å²) in [5, 5.41) is 4.66. The lowest BCUT2D eigenvalue weighted by Gasteiger charge is -2.12. The van der Waals surface area contributed by atoms with E-state index in [0.29, 0.717) is 16.7 Å². The van der Waals surface area contributed by atoms with Crippen molar-refractivity contribution in [1.29, 1.82) is 0 Å². The average molecular weight is 353 g/mol. The quantitative estimate of drug-likeness (QED) is 0.719. The predicted molar refractivity (Wildman–Crippen MR) is 97.5 cm³/mol. The van der Waals surface area contributed by atoms with Gasteiger partial charge < -0.3 is 15.0 Å². The van der Waals surface area contributed by atoms with Crippen LogP contribution in [0, 0.1) is 0 Å². The number of halogens is 2. The highest BCUT2D eigenvalue weighted by Crippen LogP contribution is 2.26. The second-order valence-electron chi connectivity index (χ2n) is 5.62. The molecule has 2 rings (SSSR count). The summed E-state index contributed by atoms with van der Waals surface area (Å²) in [6.45, 7) is 3.14. The largest absolute Gasteiger partial charge is 0.489 e. The summed E-state index contributed by atoms with van der Waals surface area (Å²) in [6, 6.07) is 13.5. The monoisotopic (exact) mass is 352 g/mol. The standard InChI is InChI=1S/C18H22Cl2N2O/c1-22(2)10-9-21-12-14-5-3-6-15(11-14)23-13-16-17(19)7-4-8-18(16)20/h3-8,11,21H,9-10,12-13H2,1-2H3. The zero-order valence-electron chi connectivity index (χ0n) is 13.5. The van der Waals surface area contributed by atoms with Crippen molar-refractivity contribution in [2.45, 2.75) is 13.2 Å². The SMILES string of the molecule is CN(C)CCNCc1cccc(OCc2c(Cl)cccc2Cl)c1. The molecule has 0 bridgehead atoms. The minimum absolute atomic E-state index is 0.357. The van der Waals surface area contributed by atoms with Crippen LogP contribution in [0.5, 0.6) is 5.75 Å². The average Bonchev–Trinajstić information content (AvgIpc) is 2.51. The maximum absolute atomic E-state index is 6.16. The Labute approximate surface area is 148 Å². The Hall–Kier alpha value is -1.26. The van der Waals surface area contributed by atoms with Gasteiger partial charge in [0, 0.05) is 35.2 Å². The molecule has 0 unspecified atom stereocenters. The van der Waals surface area contributed by atoms with Crippen LogP contribution in [0.15, 0.2) is 42.5 Å². The van der Waals surface area contributed by atoms with Crippen molar-refractivity contribution < 1.29 is 4.74 Å². The van der Waals surface area contributed by atoms with Gasteiger partial charge in [0.05, 0.1) is 0 Å². The Morgan fingerprint density at radius 2 is 1.74 bits per heavy atom. The lowest BCUT2D eigenvalue weighted by molar-refractivity contribution is 0.306. The van der Waals surface area contributed by atoms with Gasteiger partial charge in [-0.15, -0.1) is 0 Å². The summed E-state index contributed by atoms with van der Waals surface area (Å²) >= 11 is 12.3. The molecule has 0 amide bonds. The van der Waals surface area contributed by atoms with Gasteiger partial charge in [-0.05, 0) is 43.9 Å². The van der Waals surface area contributed by atoms with Crippen molar-refractivity contribution in [3.63, 3.8) is 0 Å². The maximum Gasteiger partial charge on any atom is 0.120 e. The number of nitrogens with zero attached hydrogens (tertiary/aromatic N) is 1. The molecule has 0 aliphatic rings. The molecule has 0 heterocycles. The minimum Gasteiger partial charge on any atom is -0.489 e. The Bertz CT molecular complexity index is 612. The molecule has 0 aromatic heterocycles. The van der Waals surface area contributed by atoms with Crippen LogP contribution in [-0.4, -0.2) is 32.1 Å². The molecule has 0 radical (unpaired) electrons. The van der Waals surface area contributed by atoms with Crippen molar-refractivity contribution in [2.75, 3.05) is 27.2 Å². The summed E-state index contributed by atoms with van der Waals surface area (Å²) in [6.07, 6.45) is 0. The highest BCUT2D eigenvalue weighted by Gasteiger charge is 2.06. The van der Waals surface area contributed by atoms with Gasteiger partial charge in [-0.25, -0.2) is 0 Å². The lowest BCUT2D eigenvalue weighted by Crippen LogP contribution is -2.26. The molecule has 2 aromatic rings. The maximum atomic E-state index is 6.16. The van der Waals surface area contributed by atoms with Gasteiger partial charge in [-0.3, -0.25) is 0 Å². The summed E-state index contributed by atoms with van der Waals surface area (Å²) < 4.78 is 5.83. The van der Waals surface area contributed by atoms with Crippen LogP contribution in [0.25, 0.3) is 0 Å².